The van der Waals surface area contributed by atoms with E-state index in [0.717, 1.165) is 40.3 Å². The highest BCUT2D eigenvalue weighted by Gasteiger charge is 2.10. The summed E-state index contributed by atoms with van der Waals surface area (Å²) in [4.78, 5) is 1.29. The summed E-state index contributed by atoms with van der Waals surface area (Å²) in [5.41, 5.74) is 1.90. The second-order valence-electron chi connectivity index (χ2n) is 4.10. The lowest BCUT2D eigenvalue weighted by Crippen LogP contribution is -2.18. The molecule has 0 radical (unpaired) electrons. The minimum Gasteiger partial charge on any atom is -0.311 e. The zero-order valence-electron chi connectivity index (χ0n) is 10.3. The number of thiophene rings is 1. The maximum Gasteiger partial charge on any atom is 0.0931 e. The summed E-state index contributed by atoms with van der Waals surface area (Å²) in [6, 6.07) is 4.00. The van der Waals surface area contributed by atoms with Crippen molar-refractivity contribution in [3.8, 4) is 0 Å². The summed E-state index contributed by atoms with van der Waals surface area (Å²) in [5, 5.41) is 8.41. The van der Waals surface area contributed by atoms with Gasteiger partial charge < -0.3 is 5.32 Å². The predicted octanol–water partition coefficient (Wildman–Crippen LogP) is 3.43. The number of hydrogen-bond donors (Lipinski definition) is 1. The van der Waals surface area contributed by atoms with Crippen molar-refractivity contribution in [2.24, 2.45) is 7.05 Å². The lowest BCUT2D eigenvalue weighted by Gasteiger charge is -2.05. The molecule has 0 aromatic carbocycles. The van der Waals surface area contributed by atoms with Crippen molar-refractivity contribution in [3.05, 3.63) is 37.8 Å². The van der Waals surface area contributed by atoms with E-state index in [-0.39, 0.29) is 0 Å². The summed E-state index contributed by atoms with van der Waals surface area (Å²) in [7, 11) is 1.91. The Morgan fingerprint density at radius 2 is 2.17 bits per heavy atom. The van der Waals surface area contributed by atoms with Gasteiger partial charge in [0.1, 0.15) is 0 Å². The van der Waals surface area contributed by atoms with E-state index in [1.54, 1.807) is 11.3 Å². The van der Waals surface area contributed by atoms with Gasteiger partial charge >= 0.3 is 0 Å². The highest BCUT2D eigenvalue weighted by atomic mass is 35.5. The van der Waals surface area contributed by atoms with Gasteiger partial charge in [-0.2, -0.15) is 5.10 Å². The molecule has 0 amide bonds. The number of aromatic nitrogens is 2. The minimum absolute atomic E-state index is 0.731. The third kappa shape index (κ3) is 3.26. The molecule has 98 valence electrons. The fraction of sp³-hybridized carbons (Fsp3) is 0.417. The Hall–Kier alpha value is -0.550. The molecule has 2 aromatic rings. The molecule has 0 bridgehead atoms. The van der Waals surface area contributed by atoms with Crippen LogP contribution in [0.25, 0.3) is 0 Å². The standard InChI is InChI=1S/C12H15Cl2N3S/c1-8-12(14)10(17(2)16-8)7-15-6-5-9-3-4-11(13)18-9/h3-4,15H,5-7H2,1-2H3. The molecule has 0 spiro atoms. The van der Waals surface area contributed by atoms with E-state index in [0.29, 0.717) is 0 Å². The van der Waals surface area contributed by atoms with Crippen molar-refractivity contribution < 1.29 is 0 Å². The van der Waals surface area contributed by atoms with E-state index in [2.05, 4.69) is 16.5 Å². The normalized spacial score (nSPS) is 11.1. The molecule has 0 unspecified atom stereocenters. The zero-order chi connectivity index (χ0) is 13.1. The third-order valence-electron chi connectivity index (χ3n) is 2.73. The van der Waals surface area contributed by atoms with Gasteiger partial charge in [0.15, 0.2) is 0 Å². The van der Waals surface area contributed by atoms with Gasteiger partial charge in [-0.1, -0.05) is 23.2 Å². The third-order valence-corrected chi connectivity index (χ3v) is 4.51. The molecule has 0 saturated carbocycles. The molecule has 3 nitrogen and oxygen atoms in total. The average molecular weight is 304 g/mol. The van der Waals surface area contributed by atoms with Gasteiger partial charge in [0.2, 0.25) is 0 Å². The van der Waals surface area contributed by atoms with Crippen LogP contribution in [0.2, 0.25) is 9.36 Å². The Morgan fingerprint density at radius 1 is 1.39 bits per heavy atom. The van der Waals surface area contributed by atoms with Crippen molar-refractivity contribution in [1.82, 2.24) is 15.1 Å². The zero-order valence-corrected chi connectivity index (χ0v) is 12.7. The van der Waals surface area contributed by atoms with Crippen molar-refractivity contribution in [2.75, 3.05) is 6.54 Å². The molecule has 0 aliphatic carbocycles. The van der Waals surface area contributed by atoms with Gasteiger partial charge in [-0.3, -0.25) is 4.68 Å². The molecular formula is C12H15Cl2N3S. The van der Waals surface area contributed by atoms with Crippen LogP contribution in [0.15, 0.2) is 12.1 Å². The van der Waals surface area contributed by atoms with Gasteiger partial charge in [0.25, 0.3) is 0 Å². The first-order valence-corrected chi connectivity index (χ1v) is 7.28. The fourth-order valence-corrected chi connectivity index (χ4v) is 3.09. The van der Waals surface area contributed by atoms with Crippen LogP contribution >= 0.6 is 34.5 Å². The van der Waals surface area contributed by atoms with Crippen molar-refractivity contribution in [1.29, 1.82) is 0 Å². The quantitative estimate of drug-likeness (QED) is 0.858. The van der Waals surface area contributed by atoms with E-state index in [1.807, 2.05) is 24.7 Å². The first kappa shape index (κ1) is 13.9. The van der Waals surface area contributed by atoms with E-state index >= 15 is 0 Å². The van der Waals surface area contributed by atoms with Crippen LogP contribution in [-0.4, -0.2) is 16.3 Å². The number of rotatable bonds is 5. The highest BCUT2D eigenvalue weighted by Crippen LogP contribution is 2.22. The van der Waals surface area contributed by atoms with E-state index < -0.39 is 0 Å². The lowest BCUT2D eigenvalue weighted by atomic mass is 10.3. The monoisotopic (exact) mass is 303 g/mol. The Kier molecular flexibility index (Phi) is 4.67. The Morgan fingerprint density at radius 3 is 2.72 bits per heavy atom. The van der Waals surface area contributed by atoms with Gasteiger partial charge in [-0.05, 0) is 25.5 Å². The molecule has 1 N–H and O–H groups in total. The second-order valence-corrected chi connectivity index (χ2v) is 6.28. The summed E-state index contributed by atoms with van der Waals surface area (Å²) in [6.07, 6.45) is 0.978. The molecular weight excluding hydrogens is 289 g/mol. The van der Waals surface area contributed by atoms with Crippen LogP contribution in [0.1, 0.15) is 16.3 Å². The molecule has 18 heavy (non-hydrogen) atoms. The van der Waals surface area contributed by atoms with Crippen LogP contribution in [0.5, 0.6) is 0 Å². The van der Waals surface area contributed by atoms with Gasteiger partial charge in [0, 0.05) is 25.0 Å². The predicted molar refractivity (Wildman–Crippen MR) is 77.7 cm³/mol. The molecule has 2 heterocycles. The lowest BCUT2D eigenvalue weighted by molar-refractivity contribution is 0.626. The van der Waals surface area contributed by atoms with Crippen molar-refractivity contribution >= 4 is 34.5 Å². The van der Waals surface area contributed by atoms with Gasteiger partial charge in [-0.15, -0.1) is 11.3 Å². The first-order chi connectivity index (χ1) is 8.58. The number of hydrogen-bond acceptors (Lipinski definition) is 3. The fourth-order valence-electron chi connectivity index (χ4n) is 1.78. The smallest absolute Gasteiger partial charge is 0.0931 e. The average Bonchev–Trinajstić information content (AvgIpc) is 2.82. The number of nitrogens with one attached hydrogen (secondary N) is 1. The first-order valence-electron chi connectivity index (χ1n) is 5.71. The van der Waals surface area contributed by atoms with Crippen LogP contribution in [0.4, 0.5) is 0 Å². The number of nitrogens with zero attached hydrogens (tertiary/aromatic N) is 2. The van der Waals surface area contributed by atoms with E-state index in [1.165, 1.54) is 4.88 Å². The number of aryl methyl sites for hydroxylation is 2. The molecule has 2 rings (SSSR count). The van der Waals surface area contributed by atoms with Gasteiger partial charge in [-0.25, -0.2) is 0 Å². The van der Waals surface area contributed by atoms with Crippen LogP contribution < -0.4 is 5.32 Å². The Bertz CT molecular complexity index is 533. The van der Waals surface area contributed by atoms with Crippen molar-refractivity contribution in [3.63, 3.8) is 0 Å². The molecule has 0 atom stereocenters. The minimum atomic E-state index is 0.731. The molecule has 2 aromatic heterocycles. The van der Waals surface area contributed by atoms with Crippen LogP contribution in [-0.2, 0) is 20.0 Å². The molecule has 0 aliphatic rings. The van der Waals surface area contributed by atoms with Crippen molar-refractivity contribution in [2.45, 2.75) is 19.9 Å². The summed E-state index contributed by atoms with van der Waals surface area (Å²) in [6.45, 7) is 3.55. The Labute approximate surface area is 121 Å². The SMILES string of the molecule is Cc1nn(C)c(CNCCc2ccc(Cl)s2)c1Cl. The second kappa shape index (κ2) is 6.06. The molecule has 0 fully saturated rings. The summed E-state index contributed by atoms with van der Waals surface area (Å²) < 4.78 is 2.67. The van der Waals surface area contributed by atoms with E-state index in [9.17, 15) is 0 Å². The topological polar surface area (TPSA) is 29.9 Å². The largest absolute Gasteiger partial charge is 0.311 e. The molecule has 0 saturated heterocycles. The Balaban J connectivity index is 1.82. The highest BCUT2D eigenvalue weighted by molar-refractivity contribution is 7.16. The van der Waals surface area contributed by atoms with Gasteiger partial charge in [0.05, 0.1) is 20.7 Å². The molecule has 6 heteroatoms. The summed E-state index contributed by atoms with van der Waals surface area (Å²) >= 11 is 13.7. The van der Waals surface area contributed by atoms with Crippen LogP contribution in [0, 0.1) is 6.92 Å². The molecule has 0 aliphatic heterocycles. The van der Waals surface area contributed by atoms with Crippen LogP contribution in [0.3, 0.4) is 0 Å². The number of halogens is 2. The van der Waals surface area contributed by atoms with E-state index in [4.69, 9.17) is 23.2 Å². The maximum atomic E-state index is 6.17. The maximum absolute atomic E-state index is 6.17. The summed E-state index contributed by atoms with van der Waals surface area (Å²) in [5.74, 6) is 0.